The van der Waals surface area contributed by atoms with E-state index in [4.69, 9.17) is 10.6 Å². The Hall–Kier alpha value is -1.44. The molecular formula is C14H21N5OS. The molecule has 0 radical (unpaired) electrons. The van der Waals surface area contributed by atoms with Crippen LogP contribution < -0.4 is 16.2 Å². The molecule has 0 unspecified atom stereocenters. The van der Waals surface area contributed by atoms with Gasteiger partial charge in [0.2, 0.25) is 5.95 Å². The molecule has 1 aliphatic carbocycles. The number of hydrogen-bond acceptors (Lipinski definition) is 7. The Kier molecular flexibility index (Phi) is 4.23. The van der Waals surface area contributed by atoms with Gasteiger partial charge < -0.3 is 9.64 Å². The Morgan fingerprint density at radius 2 is 2.29 bits per heavy atom. The van der Waals surface area contributed by atoms with Crippen molar-refractivity contribution >= 4 is 33.3 Å². The summed E-state index contributed by atoms with van der Waals surface area (Å²) in [6.45, 7) is 3.69. The average molecular weight is 307 g/mol. The third-order valence-electron chi connectivity index (χ3n) is 3.70. The van der Waals surface area contributed by atoms with Crippen molar-refractivity contribution in [2.24, 2.45) is 5.84 Å². The van der Waals surface area contributed by atoms with E-state index in [2.05, 4.69) is 33.3 Å². The molecule has 7 heteroatoms. The van der Waals surface area contributed by atoms with E-state index in [0.29, 0.717) is 18.6 Å². The first-order valence-corrected chi connectivity index (χ1v) is 8.11. The van der Waals surface area contributed by atoms with Crippen molar-refractivity contribution < 1.29 is 4.74 Å². The first-order chi connectivity index (χ1) is 10.3. The molecule has 1 saturated carbocycles. The lowest BCUT2D eigenvalue weighted by atomic mass is 10.3. The molecule has 114 valence electrons. The number of hydrazine groups is 1. The van der Waals surface area contributed by atoms with Gasteiger partial charge in [-0.1, -0.05) is 6.92 Å². The molecule has 2 heterocycles. The molecule has 3 rings (SSSR count). The maximum atomic E-state index is 5.53. The summed E-state index contributed by atoms with van der Waals surface area (Å²) in [7, 11) is 1.73. The average Bonchev–Trinajstić information content (AvgIpc) is 3.25. The minimum absolute atomic E-state index is 0.477. The second-order valence-corrected chi connectivity index (χ2v) is 6.33. The molecule has 0 amide bonds. The number of rotatable bonds is 7. The van der Waals surface area contributed by atoms with Crippen LogP contribution in [0.25, 0.3) is 10.2 Å². The van der Waals surface area contributed by atoms with Crippen LogP contribution in [0.3, 0.4) is 0 Å². The standard InChI is InChI=1S/C14H21N5OS/c1-3-10-8-11-12(16-14(18-15)17-13(11)21-10)19(6-7-20-2)9-4-5-9/h8-9H,3-7,15H2,1-2H3,(H,16,17,18). The van der Waals surface area contributed by atoms with E-state index in [0.717, 1.165) is 29.0 Å². The number of thiophene rings is 1. The molecular weight excluding hydrogens is 286 g/mol. The molecule has 1 fully saturated rings. The topological polar surface area (TPSA) is 76.3 Å². The first kappa shape index (κ1) is 14.5. The SMILES string of the molecule is CCc1cc2c(N(CCOC)C3CC3)nc(NN)nc2s1. The van der Waals surface area contributed by atoms with Crippen LogP contribution in [-0.2, 0) is 11.2 Å². The number of methoxy groups -OCH3 is 1. The van der Waals surface area contributed by atoms with Gasteiger partial charge in [-0.25, -0.2) is 10.8 Å². The van der Waals surface area contributed by atoms with E-state index >= 15 is 0 Å². The van der Waals surface area contributed by atoms with Crippen LogP contribution in [0.5, 0.6) is 0 Å². The summed E-state index contributed by atoms with van der Waals surface area (Å²) >= 11 is 1.71. The van der Waals surface area contributed by atoms with E-state index in [1.165, 1.54) is 17.7 Å². The highest BCUT2D eigenvalue weighted by Crippen LogP contribution is 2.37. The van der Waals surface area contributed by atoms with Gasteiger partial charge in [0.05, 0.1) is 12.0 Å². The van der Waals surface area contributed by atoms with Gasteiger partial charge in [0.1, 0.15) is 10.6 Å². The summed E-state index contributed by atoms with van der Waals surface area (Å²) in [5.41, 5.74) is 2.58. The smallest absolute Gasteiger partial charge is 0.240 e. The van der Waals surface area contributed by atoms with E-state index < -0.39 is 0 Å². The van der Waals surface area contributed by atoms with Crippen molar-refractivity contribution in [1.29, 1.82) is 0 Å². The van der Waals surface area contributed by atoms with Crippen LogP contribution in [0.15, 0.2) is 6.07 Å². The Morgan fingerprint density at radius 3 is 2.90 bits per heavy atom. The van der Waals surface area contributed by atoms with Crippen LogP contribution in [0.1, 0.15) is 24.6 Å². The van der Waals surface area contributed by atoms with Crippen molar-refractivity contribution in [2.45, 2.75) is 32.2 Å². The fraction of sp³-hybridized carbons (Fsp3) is 0.571. The number of anilines is 2. The van der Waals surface area contributed by atoms with Gasteiger partial charge in [0.15, 0.2) is 0 Å². The molecule has 1 aliphatic rings. The maximum Gasteiger partial charge on any atom is 0.240 e. The number of aromatic nitrogens is 2. The largest absolute Gasteiger partial charge is 0.383 e. The summed E-state index contributed by atoms with van der Waals surface area (Å²) in [5, 5.41) is 1.12. The first-order valence-electron chi connectivity index (χ1n) is 7.29. The predicted octanol–water partition coefficient (Wildman–Crippen LogP) is 2.15. The van der Waals surface area contributed by atoms with Crippen molar-refractivity contribution in [2.75, 3.05) is 30.6 Å². The normalized spacial score (nSPS) is 14.6. The highest BCUT2D eigenvalue weighted by molar-refractivity contribution is 7.18. The molecule has 0 aliphatic heterocycles. The van der Waals surface area contributed by atoms with Crippen LogP contribution >= 0.6 is 11.3 Å². The predicted molar refractivity (Wildman–Crippen MR) is 86.8 cm³/mol. The van der Waals surface area contributed by atoms with Gasteiger partial charge in [0.25, 0.3) is 0 Å². The highest BCUT2D eigenvalue weighted by Gasteiger charge is 2.31. The second kappa shape index (κ2) is 6.13. The van der Waals surface area contributed by atoms with Gasteiger partial charge in [-0.2, -0.15) is 4.98 Å². The summed E-state index contributed by atoms with van der Waals surface area (Å²) in [5.74, 6) is 6.98. The van der Waals surface area contributed by atoms with Crippen LogP contribution in [0.2, 0.25) is 0 Å². The molecule has 2 aromatic rings. The number of nitrogens with one attached hydrogen (secondary N) is 1. The Bertz CT molecular complexity index is 625. The van der Waals surface area contributed by atoms with Gasteiger partial charge in [-0.15, -0.1) is 11.3 Å². The highest BCUT2D eigenvalue weighted by atomic mass is 32.1. The number of hydrogen-bond donors (Lipinski definition) is 2. The van der Waals surface area contributed by atoms with E-state index in [9.17, 15) is 0 Å². The fourth-order valence-electron chi connectivity index (χ4n) is 2.45. The quantitative estimate of drug-likeness (QED) is 0.603. The van der Waals surface area contributed by atoms with Crippen molar-refractivity contribution in [1.82, 2.24) is 9.97 Å². The molecule has 2 aromatic heterocycles. The minimum Gasteiger partial charge on any atom is -0.383 e. The Morgan fingerprint density at radius 1 is 1.48 bits per heavy atom. The molecule has 0 aromatic carbocycles. The Balaban J connectivity index is 2.06. The summed E-state index contributed by atoms with van der Waals surface area (Å²) in [6, 6.07) is 2.77. The molecule has 0 saturated heterocycles. The van der Waals surface area contributed by atoms with Gasteiger partial charge in [-0.3, -0.25) is 5.43 Å². The Labute approximate surface area is 128 Å². The zero-order valence-electron chi connectivity index (χ0n) is 12.4. The van der Waals surface area contributed by atoms with Gasteiger partial charge in [0, 0.05) is 24.6 Å². The van der Waals surface area contributed by atoms with Gasteiger partial charge in [-0.05, 0) is 25.3 Å². The minimum atomic E-state index is 0.477. The molecule has 3 N–H and O–H groups in total. The van der Waals surface area contributed by atoms with E-state index in [-0.39, 0.29) is 0 Å². The van der Waals surface area contributed by atoms with Crippen molar-refractivity contribution in [3.63, 3.8) is 0 Å². The number of nitrogens with two attached hydrogens (primary N) is 1. The maximum absolute atomic E-state index is 5.53. The van der Waals surface area contributed by atoms with Crippen molar-refractivity contribution in [3.05, 3.63) is 10.9 Å². The monoisotopic (exact) mass is 307 g/mol. The molecule has 0 spiro atoms. The summed E-state index contributed by atoms with van der Waals surface area (Å²) in [4.78, 5) is 13.7. The van der Waals surface area contributed by atoms with Crippen LogP contribution in [-0.4, -0.2) is 36.3 Å². The second-order valence-electron chi connectivity index (χ2n) is 5.22. The fourth-order valence-corrected chi connectivity index (χ4v) is 3.41. The molecule has 21 heavy (non-hydrogen) atoms. The van der Waals surface area contributed by atoms with Gasteiger partial charge >= 0.3 is 0 Å². The molecule has 0 atom stereocenters. The van der Waals surface area contributed by atoms with Crippen LogP contribution in [0, 0.1) is 0 Å². The number of ether oxygens (including phenoxy) is 1. The third-order valence-corrected chi connectivity index (χ3v) is 4.87. The lowest BCUT2D eigenvalue weighted by Gasteiger charge is -2.24. The van der Waals surface area contributed by atoms with E-state index in [1.807, 2.05) is 0 Å². The van der Waals surface area contributed by atoms with E-state index in [1.54, 1.807) is 18.4 Å². The number of fused-ring (bicyclic) bond motifs is 1. The number of aryl methyl sites for hydroxylation is 1. The number of nitrogens with zero attached hydrogens (tertiary/aromatic N) is 3. The summed E-state index contributed by atoms with van der Waals surface area (Å²) < 4.78 is 5.24. The lowest BCUT2D eigenvalue weighted by molar-refractivity contribution is 0.205. The van der Waals surface area contributed by atoms with Crippen LogP contribution in [0.4, 0.5) is 11.8 Å². The zero-order chi connectivity index (χ0) is 14.8. The van der Waals surface area contributed by atoms with Crippen molar-refractivity contribution in [3.8, 4) is 0 Å². The summed E-state index contributed by atoms with van der Waals surface area (Å²) in [6.07, 6.45) is 3.43. The molecule has 6 nitrogen and oxygen atoms in total. The third kappa shape index (κ3) is 2.95. The molecule has 0 bridgehead atoms. The zero-order valence-corrected chi connectivity index (χ0v) is 13.2. The lowest BCUT2D eigenvalue weighted by Crippen LogP contribution is -2.30. The number of nitrogen functional groups attached to an aromatic ring is 1.